The van der Waals surface area contributed by atoms with Gasteiger partial charge in [0.15, 0.2) is 5.65 Å². The molecule has 0 fully saturated rings. The molecule has 0 amide bonds. The average Bonchev–Trinajstić information content (AvgIpc) is 2.80. The molecule has 8 nitrogen and oxygen atoms in total. The maximum atomic E-state index is 10.7. The van der Waals surface area contributed by atoms with Gasteiger partial charge in [0.2, 0.25) is 0 Å². The number of hydrogen-bond donors (Lipinski definition) is 3. The molecule has 0 unspecified atom stereocenters. The summed E-state index contributed by atoms with van der Waals surface area (Å²) in [5, 5.41) is 0. The minimum Gasteiger partial charge on any atom is -0.383 e. The van der Waals surface area contributed by atoms with Crippen molar-refractivity contribution >= 4 is 17.0 Å². The van der Waals surface area contributed by atoms with Gasteiger partial charge in [-0.15, -0.1) is 0 Å². The Labute approximate surface area is 95.0 Å². The first-order valence-electron chi connectivity index (χ1n) is 4.66. The molecule has 3 aromatic heterocycles. The first kappa shape index (κ1) is 10.7. The van der Waals surface area contributed by atoms with Gasteiger partial charge in [0.25, 0.3) is 0 Å². The van der Waals surface area contributed by atoms with E-state index in [1.54, 1.807) is 18.5 Å². The molecule has 3 heterocycles. The van der Waals surface area contributed by atoms with E-state index in [9.17, 15) is 4.79 Å². The van der Waals surface area contributed by atoms with Gasteiger partial charge in [0.1, 0.15) is 17.7 Å². The molecule has 0 aromatic carbocycles. The zero-order chi connectivity index (χ0) is 12.1. The summed E-state index contributed by atoms with van der Waals surface area (Å²) >= 11 is 0. The van der Waals surface area contributed by atoms with Crippen LogP contribution in [0.1, 0.15) is 0 Å². The Morgan fingerprint density at radius 3 is 2.59 bits per heavy atom. The van der Waals surface area contributed by atoms with Gasteiger partial charge in [-0.1, -0.05) is 0 Å². The van der Waals surface area contributed by atoms with Crippen LogP contribution in [0.2, 0.25) is 0 Å². The minimum absolute atomic E-state index is 0.262. The number of hydrogen-bond acceptors (Lipinski definition) is 6. The molecule has 3 aromatic rings. The third-order valence-corrected chi connectivity index (χ3v) is 1.82. The number of aromatic amines is 2. The molecule has 0 saturated heterocycles. The Morgan fingerprint density at radius 2 is 2.00 bits per heavy atom. The lowest BCUT2D eigenvalue weighted by Gasteiger charge is -1.90. The van der Waals surface area contributed by atoms with Crippen molar-refractivity contribution in [2.75, 3.05) is 5.73 Å². The Kier molecular flexibility index (Phi) is 3.05. The molecule has 0 radical (unpaired) electrons. The fourth-order valence-electron chi connectivity index (χ4n) is 1.13. The molecule has 0 bridgehead atoms. The van der Waals surface area contributed by atoms with Crippen molar-refractivity contribution in [3.8, 4) is 0 Å². The van der Waals surface area contributed by atoms with Gasteiger partial charge in [-0.25, -0.2) is 19.7 Å². The van der Waals surface area contributed by atoms with Crippen molar-refractivity contribution in [1.29, 1.82) is 0 Å². The second-order valence-electron chi connectivity index (χ2n) is 2.96. The van der Waals surface area contributed by atoms with Crippen LogP contribution in [0.25, 0.3) is 11.2 Å². The van der Waals surface area contributed by atoms with Gasteiger partial charge >= 0.3 is 5.69 Å². The van der Waals surface area contributed by atoms with Crippen LogP contribution in [-0.2, 0) is 0 Å². The molecular weight excluding hydrogens is 222 g/mol. The molecule has 0 atom stereocenters. The zero-order valence-corrected chi connectivity index (χ0v) is 8.66. The highest BCUT2D eigenvalue weighted by Gasteiger charge is 2.01. The second kappa shape index (κ2) is 4.84. The van der Waals surface area contributed by atoms with Crippen LogP contribution in [0.4, 0.5) is 5.82 Å². The molecule has 4 N–H and O–H groups in total. The Bertz CT molecular complexity index is 618. The van der Waals surface area contributed by atoms with Crippen molar-refractivity contribution in [3.05, 3.63) is 41.6 Å². The van der Waals surface area contributed by atoms with E-state index in [4.69, 9.17) is 5.73 Å². The number of nitrogens with zero attached hydrogens (tertiary/aromatic N) is 4. The number of fused-ring (bicyclic) bond motifs is 1. The van der Waals surface area contributed by atoms with Crippen LogP contribution in [0.5, 0.6) is 0 Å². The minimum atomic E-state index is -0.484. The standard InChI is InChI=1S/C5H5N5O.C4H4N2/c6-3-2-4(8-1-7-2)10-5(11)9-3;1-2-5-4-6-3-1/h1H,(H4,6,7,8,9,10,11);1-4H. The van der Waals surface area contributed by atoms with E-state index >= 15 is 0 Å². The SMILES string of the molecule is Nc1[nH]c(=O)nc2nc[nH]c12.c1cncnc1. The van der Waals surface area contributed by atoms with Gasteiger partial charge in [-0.05, 0) is 6.07 Å². The van der Waals surface area contributed by atoms with E-state index in [-0.39, 0.29) is 5.82 Å². The van der Waals surface area contributed by atoms with Crippen molar-refractivity contribution in [2.24, 2.45) is 0 Å². The monoisotopic (exact) mass is 231 g/mol. The normalized spacial score (nSPS) is 9.65. The van der Waals surface area contributed by atoms with Gasteiger partial charge in [0.05, 0.1) is 6.33 Å². The largest absolute Gasteiger partial charge is 0.383 e. The first-order chi connectivity index (χ1) is 8.27. The number of aromatic nitrogens is 6. The number of nitrogens with one attached hydrogen (secondary N) is 2. The summed E-state index contributed by atoms with van der Waals surface area (Å²) in [7, 11) is 0. The molecule has 0 aliphatic heterocycles. The van der Waals surface area contributed by atoms with Crippen LogP contribution in [0.15, 0.2) is 35.9 Å². The molecule has 0 aliphatic carbocycles. The van der Waals surface area contributed by atoms with Gasteiger partial charge in [0, 0.05) is 12.4 Å². The second-order valence-corrected chi connectivity index (χ2v) is 2.96. The summed E-state index contributed by atoms with van der Waals surface area (Å²) in [5.74, 6) is 0.262. The maximum Gasteiger partial charge on any atom is 0.348 e. The van der Waals surface area contributed by atoms with E-state index in [1.165, 1.54) is 12.7 Å². The smallest absolute Gasteiger partial charge is 0.348 e. The molecular formula is C9H9N7O. The van der Waals surface area contributed by atoms with Crippen molar-refractivity contribution in [3.63, 3.8) is 0 Å². The molecule has 0 saturated carbocycles. The van der Waals surface area contributed by atoms with E-state index < -0.39 is 5.69 Å². The number of H-pyrrole nitrogens is 2. The van der Waals surface area contributed by atoms with Crippen molar-refractivity contribution in [1.82, 2.24) is 29.9 Å². The highest BCUT2D eigenvalue weighted by Crippen LogP contribution is 2.07. The number of rotatable bonds is 0. The van der Waals surface area contributed by atoms with Gasteiger partial charge < -0.3 is 10.7 Å². The Morgan fingerprint density at radius 1 is 1.24 bits per heavy atom. The van der Waals surface area contributed by atoms with Crippen LogP contribution < -0.4 is 11.4 Å². The topological polar surface area (TPSA) is 126 Å². The molecule has 3 rings (SSSR count). The van der Waals surface area contributed by atoms with E-state index in [0.29, 0.717) is 11.2 Å². The maximum absolute atomic E-state index is 10.7. The lowest BCUT2D eigenvalue weighted by Crippen LogP contribution is -2.12. The van der Waals surface area contributed by atoms with Crippen molar-refractivity contribution < 1.29 is 0 Å². The third-order valence-electron chi connectivity index (χ3n) is 1.82. The highest BCUT2D eigenvalue weighted by molar-refractivity contribution is 5.80. The van der Waals surface area contributed by atoms with E-state index in [0.717, 1.165) is 0 Å². The zero-order valence-electron chi connectivity index (χ0n) is 8.66. The number of anilines is 1. The summed E-state index contributed by atoms with van der Waals surface area (Å²) in [4.78, 5) is 30.5. The van der Waals surface area contributed by atoms with Gasteiger partial charge in [-0.2, -0.15) is 4.98 Å². The van der Waals surface area contributed by atoms with E-state index in [1.807, 2.05) is 0 Å². The summed E-state index contributed by atoms with van der Waals surface area (Å²) in [6.07, 6.45) is 6.31. The summed E-state index contributed by atoms with van der Waals surface area (Å²) in [6, 6.07) is 1.78. The van der Waals surface area contributed by atoms with Crippen molar-refractivity contribution in [2.45, 2.75) is 0 Å². The number of nitrogens with two attached hydrogens (primary N) is 1. The van der Waals surface area contributed by atoms with Crippen LogP contribution in [-0.4, -0.2) is 29.9 Å². The highest BCUT2D eigenvalue weighted by atomic mass is 16.1. The lowest BCUT2D eigenvalue weighted by molar-refractivity contribution is 1.11. The fourth-order valence-corrected chi connectivity index (χ4v) is 1.13. The predicted molar refractivity (Wildman–Crippen MR) is 61.0 cm³/mol. The summed E-state index contributed by atoms with van der Waals surface area (Å²) in [5.41, 5.74) is 5.85. The molecule has 0 spiro atoms. The number of imidazole rings is 1. The number of nitrogen functional groups attached to an aromatic ring is 1. The summed E-state index contributed by atoms with van der Waals surface area (Å²) < 4.78 is 0. The molecule has 17 heavy (non-hydrogen) atoms. The average molecular weight is 231 g/mol. The predicted octanol–water partition coefficient (Wildman–Crippen LogP) is -0.295. The molecule has 0 aliphatic rings. The van der Waals surface area contributed by atoms with Crippen LogP contribution in [0.3, 0.4) is 0 Å². The van der Waals surface area contributed by atoms with Crippen LogP contribution >= 0.6 is 0 Å². The van der Waals surface area contributed by atoms with E-state index in [2.05, 4.69) is 29.9 Å². The lowest BCUT2D eigenvalue weighted by atomic mass is 10.5. The molecule has 86 valence electrons. The fraction of sp³-hybridized carbons (Fsp3) is 0. The van der Waals surface area contributed by atoms with Gasteiger partial charge in [-0.3, -0.25) is 4.98 Å². The Balaban J connectivity index is 0.000000153. The third kappa shape index (κ3) is 2.62. The quantitative estimate of drug-likeness (QED) is 0.487. The van der Waals surface area contributed by atoms with Crippen LogP contribution in [0, 0.1) is 0 Å². The first-order valence-corrected chi connectivity index (χ1v) is 4.66. The summed E-state index contributed by atoms with van der Waals surface area (Å²) in [6.45, 7) is 0. The molecule has 8 heteroatoms. The Hall–Kier alpha value is -2.77.